The zero-order chi connectivity index (χ0) is 19.0. The summed E-state index contributed by atoms with van der Waals surface area (Å²) in [5.74, 6) is 0.678. The highest BCUT2D eigenvalue weighted by molar-refractivity contribution is 7.73. The van der Waals surface area contributed by atoms with E-state index in [0.717, 1.165) is 16.0 Å². The Bertz CT molecular complexity index is 1170. The van der Waals surface area contributed by atoms with Gasteiger partial charge in [-0.3, -0.25) is 4.57 Å². The minimum absolute atomic E-state index is 0.270. The number of halogens is 2. The molecule has 0 aliphatic rings. The third-order valence-corrected chi connectivity index (χ3v) is 5.37. The summed E-state index contributed by atoms with van der Waals surface area (Å²) in [5, 5.41) is 3.28. The SMILES string of the molecule is Cc1nc(NCc2ccc(F)cc2)c2sc(=S)n(-c3ccc(F)cc3)c2n1. The Morgan fingerprint density at radius 3 is 2.30 bits per heavy atom. The van der Waals surface area contributed by atoms with Crippen LogP contribution in [0.2, 0.25) is 0 Å². The number of thiazole rings is 1. The molecule has 2 aromatic heterocycles. The summed E-state index contributed by atoms with van der Waals surface area (Å²) in [5.41, 5.74) is 2.35. The maximum Gasteiger partial charge on any atom is 0.168 e. The summed E-state index contributed by atoms with van der Waals surface area (Å²) in [7, 11) is 0. The fourth-order valence-corrected chi connectivity index (χ4v) is 4.08. The van der Waals surface area contributed by atoms with Crippen LogP contribution in [0, 0.1) is 22.5 Å². The number of nitrogens with one attached hydrogen (secondary N) is 1. The number of anilines is 1. The molecule has 2 heterocycles. The molecule has 0 aliphatic carbocycles. The van der Waals surface area contributed by atoms with Crippen molar-refractivity contribution in [3.05, 3.63) is 75.5 Å². The van der Waals surface area contributed by atoms with Gasteiger partial charge >= 0.3 is 0 Å². The Hall–Kier alpha value is -2.71. The molecule has 0 saturated carbocycles. The van der Waals surface area contributed by atoms with Gasteiger partial charge in [-0.15, -0.1) is 0 Å². The molecule has 0 radical (unpaired) electrons. The van der Waals surface area contributed by atoms with Gasteiger partial charge in [0.2, 0.25) is 0 Å². The highest BCUT2D eigenvalue weighted by Gasteiger charge is 2.14. The predicted molar refractivity (Wildman–Crippen MR) is 106 cm³/mol. The van der Waals surface area contributed by atoms with Crippen LogP contribution >= 0.6 is 23.6 Å². The average Bonchev–Trinajstić information content (AvgIpc) is 2.98. The third-order valence-electron chi connectivity index (χ3n) is 4.00. The summed E-state index contributed by atoms with van der Waals surface area (Å²) in [6.45, 7) is 2.30. The number of aryl methyl sites for hydroxylation is 1. The van der Waals surface area contributed by atoms with E-state index in [1.807, 2.05) is 4.57 Å². The summed E-state index contributed by atoms with van der Waals surface area (Å²) < 4.78 is 29.6. The van der Waals surface area contributed by atoms with Gasteiger partial charge in [-0.2, -0.15) is 0 Å². The number of hydrogen-bond acceptors (Lipinski definition) is 5. The van der Waals surface area contributed by atoms with Gasteiger partial charge in [-0.25, -0.2) is 18.7 Å². The van der Waals surface area contributed by atoms with Crippen LogP contribution in [-0.2, 0) is 6.54 Å². The minimum Gasteiger partial charge on any atom is -0.365 e. The largest absolute Gasteiger partial charge is 0.365 e. The van der Waals surface area contributed by atoms with Crippen LogP contribution in [0.25, 0.3) is 16.0 Å². The number of aromatic nitrogens is 3. The molecule has 0 unspecified atom stereocenters. The van der Waals surface area contributed by atoms with Gasteiger partial charge < -0.3 is 5.32 Å². The number of benzene rings is 2. The van der Waals surface area contributed by atoms with Gasteiger partial charge in [0.05, 0.1) is 0 Å². The molecular weight excluding hydrogens is 386 g/mol. The van der Waals surface area contributed by atoms with E-state index in [1.54, 1.807) is 31.2 Å². The average molecular weight is 400 g/mol. The quantitative estimate of drug-likeness (QED) is 0.465. The van der Waals surface area contributed by atoms with Gasteiger partial charge in [0, 0.05) is 12.2 Å². The molecule has 4 rings (SSSR count). The van der Waals surface area contributed by atoms with Crippen LogP contribution < -0.4 is 5.32 Å². The monoisotopic (exact) mass is 400 g/mol. The molecular formula is C19H14F2N4S2. The van der Waals surface area contributed by atoms with E-state index in [1.165, 1.54) is 35.6 Å². The van der Waals surface area contributed by atoms with Crippen molar-refractivity contribution in [2.45, 2.75) is 13.5 Å². The smallest absolute Gasteiger partial charge is 0.168 e. The maximum absolute atomic E-state index is 13.3. The maximum atomic E-state index is 13.3. The molecule has 0 amide bonds. The number of fused-ring (bicyclic) bond motifs is 1. The first-order valence-corrected chi connectivity index (χ1v) is 9.38. The Kier molecular flexibility index (Phi) is 4.67. The van der Waals surface area contributed by atoms with Crippen molar-refractivity contribution in [3.63, 3.8) is 0 Å². The van der Waals surface area contributed by atoms with Crippen LogP contribution in [0.15, 0.2) is 48.5 Å². The van der Waals surface area contributed by atoms with E-state index < -0.39 is 0 Å². The highest BCUT2D eigenvalue weighted by Crippen LogP contribution is 2.30. The Morgan fingerprint density at radius 1 is 1.00 bits per heavy atom. The van der Waals surface area contributed by atoms with E-state index in [0.29, 0.717) is 27.8 Å². The standard InChI is InChI=1S/C19H14F2N4S2/c1-11-23-17(22-10-12-2-4-13(20)5-3-12)16-18(24-11)25(19(26)27-16)15-8-6-14(21)7-9-15/h2-9H,10H2,1H3,(H,22,23,24). The van der Waals surface area contributed by atoms with Gasteiger partial charge in [-0.1, -0.05) is 23.5 Å². The van der Waals surface area contributed by atoms with Gasteiger partial charge in [-0.05, 0) is 61.1 Å². The summed E-state index contributed by atoms with van der Waals surface area (Å²) >= 11 is 6.90. The van der Waals surface area contributed by atoms with Crippen molar-refractivity contribution in [2.75, 3.05) is 5.32 Å². The second-order valence-electron chi connectivity index (χ2n) is 5.93. The zero-order valence-corrected chi connectivity index (χ0v) is 15.9. The minimum atomic E-state index is -0.308. The first-order chi connectivity index (χ1) is 13.0. The van der Waals surface area contributed by atoms with Crippen LogP contribution in [0.5, 0.6) is 0 Å². The lowest BCUT2D eigenvalue weighted by atomic mass is 10.2. The molecule has 0 spiro atoms. The zero-order valence-electron chi connectivity index (χ0n) is 14.2. The Morgan fingerprint density at radius 2 is 1.63 bits per heavy atom. The molecule has 1 N–H and O–H groups in total. The molecule has 8 heteroatoms. The molecule has 0 bridgehead atoms. The van der Waals surface area contributed by atoms with Crippen molar-refractivity contribution in [3.8, 4) is 5.69 Å². The summed E-state index contributed by atoms with van der Waals surface area (Å²) in [4.78, 5) is 9.03. The lowest BCUT2D eigenvalue weighted by Gasteiger charge is -2.09. The van der Waals surface area contributed by atoms with E-state index in [2.05, 4.69) is 15.3 Å². The van der Waals surface area contributed by atoms with Crippen LogP contribution in [0.4, 0.5) is 14.6 Å². The van der Waals surface area contributed by atoms with E-state index in [4.69, 9.17) is 12.2 Å². The molecule has 4 nitrogen and oxygen atoms in total. The van der Waals surface area contributed by atoms with Crippen molar-refractivity contribution >= 4 is 39.7 Å². The molecule has 2 aromatic carbocycles. The second kappa shape index (κ2) is 7.13. The first-order valence-electron chi connectivity index (χ1n) is 8.16. The van der Waals surface area contributed by atoms with E-state index in [9.17, 15) is 8.78 Å². The summed E-state index contributed by atoms with van der Waals surface area (Å²) in [6, 6.07) is 12.4. The van der Waals surface area contributed by atoms with Gasteiger partial charge in [0.1, 0.15) is 28.0 Å². The van der Waals surface area contributed by atoms with Gasteiger partial charge in [0.15, 0.2) is 9.60 Å². The van der Waals surface area contributed by atoms with Crippen molar-refractivity contribution in [1.82, 2.24) is 14.5 Å². The fraction of sp³-hybridized carbons (Fsp3) is 0.105. The normalized spacial score (nSPS) is 11.1. The third kappa shape index (κ3) is 3.58. The first kappa shape index (κ1) is 17.7. The Labute approximate surface area is 163 Å². The molecule has 0 atom stereocenters. The summed E-state index contributed by atoms with van der Waals surface area (Å²) in [6.07, 6.45) is 0. The number of rotatable bonds is 4. The molecule has 27 heavy (non-hydrogen) atoms. The topological polar surface area (TPSA) is 42.7 Å². The lowest BCUT2D eigenvalue weighted by molar-refractivity contribution is 0.627. The highest BCUT2D eigenvalue weighted by atomic mass is 32.1. The molecule has 136 valence electrons. The molecule has 0 saturated heterocycles. The van der Waals surface area contributed by atoms with Crippen LogP contribution in [0.1, 0.15) is 11.4 Å². The molecule has 0 aliphatic heterocycles. The number of nitrogens with zero attached hydrogens (tertiary/aromatic N) is 3. The van der Waals surface area contributed by atoms with Crippen molar-refractivity contribution in [2.24, 2.45) is 0 Å². The Balaban J connectivity index is 1.76. The van der Waals surface area contributed by atoms with Crippen LogP contribution in [-0.4, -0.2) is 14.5 Å². The predicted octanol–water partition coefficient (Wildman–Crippen LogP) is 5.41. The lowest BCUT2D eigenvalue weighted by Crippen LogP contribution is -2.05. The number of hydrogen-bond donors (Lipinski definition) is 1. The molecule has 0 fully saturated rings. The fourth-order valence-electron chi connectivity index (χ4n) is 2.74. The van der Waals surface area contributed by atoms with Gasteiger partial charge in [0.25, 0.3) is 0 Å². The van der Waals surface area contributed by atoms with Crippen LogP contribution in [0.3, 0.4) is 0 Å². The molecule has 4 aromatic rings. The van der Waals surface area contributed by atoms with Crippen molar-refractivity contribution in [1.29, 1.82) is 0 Å². The van der Waals surface area contributed by atoms with Crippen molar-refractivity contribution < 1.29 is 8.78 Å². The van der Waals surface area contributed by atoms with E-state index >= 15 is 0 Å². The second-order valence-corrected chi connectivity index (χ2v) is 7.58. The van der Waals surface area contributed by atoms with E-state index in [-0.39, 0.29) is 11.6 Å².